The van der Waals surface area contributed by atoms with Gasteiger partial charge in [-0.25, -0.2) is 22.0 Å². The van der Waals surface area contributed by atoms with Crippen molar-refractivity contribution in [3.8, 4) is 5.75 Å². The van der Waals surface area contributed by atoms with Crippen LogP contribution in [0.3, 0.4) is 0 Å². The van der Waals surface area contributed by atoms with Gasteiger partial charge in [0.25, 0.3) is 0 Å². The Hall–Kier alpha value is -3.04. The summed E-state index contributed by atoms with van der Waals surface area (Å²) in [5.41, 5.74) is -0.0250. The number of aliphatic hydroxyl groups is 1. The van der Waals surface area contributed by atoms with Crippen molar-refractivity contribution in [3.63, 3.8) is 0 Å². The lowest BCUT2D eigenvalue weighted by Gasteiger charge is -2.50. The first kappa shape index (κ1) is 24.6. The molecule has 3 aromatic rings. The van der Waals surface area contributed by atoms with Crippen molar-refractivity contribution >= 4 is 10.9 Å². The molecule has 2 unspecified atom stereocenters. The van der Waals surface area contributed by atoms with Crippen LogP contribution in [0.5, 0.6) is 5.75 Å². The number of pyridine rings is 1. The summed E-state index contributed by atoms with van der Waals surface area (Å²) in [7, 11) is 1.50. The Balaban J connectivity index is 1.59. The molecule has 3 saturated heterocycles. The number of halogens is 5. The standard InChI is InChI=1S/C27H25F5N2O2/c1-3-13-12-34-7-6-14(13)8-21(34)27(35)18-9-15(33-20-5-4-16(36-2)11-17(18)20)10-19-22(28)24(30)26(32)25(31)23(19)29/h3-5,9,11,13-14,21,27,35H,1,6-8,10,12H2,2H3/t13-,14?,21-,27+/m0/s1. The molecule has 36 heavy (non-hydrogen) atoms. The fourth-order valence-electron chi connectivity index (χ4n) is 5.65. The van der Waals surface area contributed by atoms with Crippen LogP contribution in [0, 0.1) is 40.9 Å². The Morgan fingerprint density at radius 1 is 1.11 bits per heavy atom. The van der Waals surface area contributed by atoms with Gasteiger partial charge in [0.15, 0.2) is 23.3 Å². The van der Waals surface area contributed by atoms with E-state index >= 15 is 0 Å². The second-order valence-corrected chi connectivity index (χ2v) is 9.50. The van der Waals surface area contributed by atoms with Crippen molar-refractivity contribution in [1.29, 1.82) is 0 Å². The molecule has 9 heteroatoms. The van der Waals surface area contributed by atoms with Gasteiger partial charge in [-0.2, -0.15) is 0 Å². The van der Waals surface area contributed by atoms with E-state index in [0.29, 0.717) is 34.1 Å². The Bertz CT molecular complexity index is 1320. The average molecular weight is 504 g/mol. The molecule has 0 amide bonds. The van der Waals surface area contributed by atoms with Crippen LogP contribution in [0.4, 0.5) is 22.0 Å². The van der Waals surface area contributed by atoms with Crippen molar-refractivity contribution < 1.29 is 31.8 Å². The first-order valence-electron chi connectivity index (χ1n) is 11.8. The molecule has 0 spiro atoms. The largest absolute Gasteiger partial charge is 0.497 e. The highest BCUT2D eigenvalue weighted by Gasteiger charge is 2.42. The minimum atomic E-state index is -2.21. The number of methoxy groups -OCH3 is 1. The monoisotopic (exact) mass is 504 g/mol. The van der Waals surface area contributed by atoms with Gasteiger partial charge >= 0.3 is 0 Å². The third-order valence-corrected chi connectivity index (χ3v) is 7.60. The maximum Gasteiger partial charge on any atom is 0.200 e. The maximum atomic E-state index is 14.4. The van der Waals surface area contributed by atoms with Crippen LogP contribution in [0.2, 0.25) is 0 Å². The molecule has 4 nitrogen and oxygen atoms in total. The number of hydrogen-bond acceptors (Lipinski definition) is 4. The summed E-state index contributed by atoms with van der Waals surface area (Å²) in [5, 5.41) is 12.1. The number of benzene rings is 2. The highest BCUT2D eigenvalue weighted by atomic mass is 19.2. The van der Waals surface area contributed by atoms with E-state index in [1.165, 1.54) is 13.2 Å². The summed E-state index contributed by atoms with van der Waals surface area (Å²) >= 11 is 0. The number of ether oxygens (including phenoxy) is 1. The Labute approximate surface area is 205 Å². The molecule has 0 saturated carbocycles. The van der Waals surface area contributed by atoms with E-state index < -0.39 is 47.2 Å². The van der Waals surface area contributed by atoms with Crippen LogP contribution in [-0.4, -0.2) is 41.2 Å². The summed E-state index contributed by atoms with van der Waals surface area (Å²) in [4.78, 5) is 6.62. The molecule has 0 aliphatic carbocycles. The Morgan fingerprint density at radius 2 is 1.81 bits per heavy atom. The van der Waals surface area contributed by atoms with Crippen LogP contribution >= 0.6 is 0 Å². The molecule has 1 N–H and O–H groups in total. The zero-order chi connectivity index (χ0) is 25.7. The molecule has 3 aliphatic rings. The van der Waals surface area contributed by atoms with Crippen LogP contribution in [0.15, 0.2) is 36.9 Å². The average Bonchev–Trinajstić information content (AvgIpc) is 2.92. The molecule has 5 atom stereocenters. The zero-order valence-corrected chi connectivity index (χ0v) is 19.6. The number of aliphatic hydroxyl groups excluding tert-OH is 1. The molecule has 2 aromatic carbocycles. The van der Waals surface area contributed by atoms with E-state index in [1.54, 1.807) is 18.2 Å². The van der Waals surface area contributed by atoms with E-state index in [1.807, 2.05) is 6.08 Å². The van der Waals surface area contributed by atoms with Gasteiger partial charge in [0, 0.05) is 35.7 Å². The number of nitrogens with zero attached hydrogens (tertiary/aromatic N) is 2. The fraction of sp³-hybridized carbons (Fsp3) is 0.370. The smallest absolute Gasteiger partial charge is 0.200 e. The lowest BCUT2D eigenvalue weighted by Crippen LogP contribution is -2.54. The van der Waals surface area contributed by atoms with Crippen molar-refractivity contribution in [2.45, 2.75) is 31.4 Å². The SMILES string of the molecule is C=C[C@H]1CN2CCC1C[C@H]2[C@H](O)c1cc(Cc2c(F)c(F)c(F)c(F)c2F)nc2ccc(OC)cc12. The van der Waals surface area contributed by atoms with E-state index in [9.17, 15) is 27.1 Å². The third kappa shape index (κ3) is 4.04. The Morgan fingerprint density at radius 3 is 2.42 bits per heavy atom. The van der Waals surface area contributed by atoms with Gasteiger partial charge in [-0.3, -0.25) is 9.88 Å². The summed E-state index contributed by atoms with van der Waals surface area (Å²) in [6.07, 6.45) is 2.11. The normalized spacial score (nSPS) is 24.2. The first-order chi connectivity index (χ1) is 17.2. The second kappa shape index (κ2) is 9.44. The van der Waals surface area contributed by atoms with Crippen LogP contribution in [0.1, 0.15) is 35.8 Å². The molecule has 4 heterocycles. The number of aromatic nitrogens is 1. The van der Waals surface area contributed by atoms with Crippen molar-refractivity contribution in [2.75, 3.05) is 20.2 Å². The number of rotatable bonds is 6. The fourth-order valence-corrected chi connectivity index (χ4v) is 5.65. The quantitative estimate of drug-likeness (QED) is 0.210. The lowest BCUT2D eigenvalue weighted by molar-refractivity contribution is -0.0445. The van der Waals surface area contributed by atoms with E-state index in [-0.39, 0.29) is 11.7 Å². The summed E-state index contributed by atoms with van der Waals surface area (Å²) in [6.45, 7) is 5.54. The van der Waals surface area contributed by atoms with E-state index in [2.05, 4.69) is 16.5 Å². The highest BCUT2D eigenvalue weighted by molar-refractivity contribution is 5.84. The van der Waals surface area contributed by atoms with Crippen molar-refractivity contribution in [2.24, 2.45) is 11.8 Å². The molecular formula is C27H25F5N2O2. The van der Waals surface area contributed by atoms with Gasteiger partial charge in [-0.15, -0.1) is 6.58 Å². The minimum absolute atomic E-state index is 0.0739. The number of piperidine rings is 3. The van der Waals surface area contributed by atoms with E-state index in [4.69, 9.17) is 4.74 Å². The number of fused-ring (bicyclic) bond motifs is 4. The molecule has 3 aliphatic heterocycles. The molecule has 2 bridgehead atoms. The van der Waals surface area contributed by atoms with Gasteiger partial charge in [-0.1, -0.05) is 6.08 Å². The van der Waals surface area contributed by atoms with Gasteiger partial charge in [-0.05, 0) is 61.1 Å². The summed E-state index contributed by atoms with van der Waals surface area (Å²) in [6, 6.07) is 6.28. The molecule has 6 rings (SSSR count). The third-order valence-electron chi connectivity index (χ3n) is 7.60. The predicted octanol–water partition coefficient (Wildman–Crippen LogP) is 5.46. The maximum absolute atomic E-state index is 14.4. The van der Waals surface area contributed by atoms with Gasteiger partial charge in [0.2, 0.25) is 5.82 Å². The van der Waals surface area contributed by atoms with Crippen LogP contribution < -0.4 is 4.74 Å². The second-order valence-electron chi connectivity index (χ2n) is 9.50. The number of hydrogen-bond donors (Lipinski definition) is 1. The highest BCUT2D eigenvalue weighted by Crippen LogP contribution is 2.42. The molecule has 0 radical (unpaired) electrons. The predicted molar refractivity (Wildman–Crippen MR) is 124 cm³/mol. The lowest BCUT2D eigenvalue weighted by atomic mass is 9.73. The van der Waals surface area contributed by atoms with Crippen LogP contribution in [-0.2, 0) is 6.42 Å². The van der Waals surface area contributed by atoms with Gasteiger partial charge in [0.05, 0.1) is 18.7 Å². The zero-order valence-electron chi connectivity index (χ0n) is 19.6. The van der Waals surface area contributed by atoms with Gasteiger partial charge < -0.3 is 9.84 Å². The first-order valence-corrected chi connectivity index (χ1v) is 11.8. The van der Waals surface area contributed by atoms with Gasteiger partial charge in [0.1, 0.15) is 5.75 Å². The van der Waals surface area contributed by atoms with Crippen molar-refractivity contribution in [1.82, 2.24) is 9.88 Å². The van der Waals surface area contributed by atoms with E-state index in [0.717, 1.165) is 25.9 Å². The minimum Gasteiger partial charge on any atom is -0.497 e. The van der Waals surface area contributed by atoms with Crippen molar-refractivity contribution in [3.05, 3.63) is 82.8 Å². The molecule has 1 aromatic heterocycles. The summed E-state index contributed by atoms with van der Waals surface area (Å²) < 4.78 is 75.2. The topological polar surface area (TPSA) is 45.6 Å². The molecule has 3 fully saturated rings. The summed E-state index contributed by atoms with van der Waals surface area (Å²) in [5.74, 6) is -8.73. The van der Waals surface area contributed by atoms with Crippen LogP contribution in [0.25, 0.3) is 10.9 Å². The molecule has 190 valence electrons. The molecular weight excluding hydrogens is 479 g/mol. The Kier molecular flexibility index (Phi) is 6.46.